The topological polar surface area (TPSA) is 67.9 Å². The van der Waals surface area contributed by atoms with Crippen LogP contribution in [0, 0.1) is 0 Å². The number of carbonyl (C=O) groups excluding carboxylic acids is 2. The van der Waals surface area contributed by atoms with E-state index in [1.165, 1.54) is 7.11 Å². The van der Waals surface area contributed by atoms with Crippen LogP contribution in [0.4, 0.5) is 0 Å². The van der Waals surface area contributed by atoms with E-state index in [9.17, 15) is 9.59 Å². The number of rotatable bonds is 6. The molecular formula is C18H26N2O4S. The van der Waals surface area contributed by atoms with Crippen LogP contribution in [0.25, 0.3) is 0 Å². The van der Waals surface area contributed by atoms with Crippen molar-refractivity contribution in [1.82, 2.24) is 10.2 Å². The van der Waals surface area contributed by atoms with Gasteiger partial charge in [0.25, 0.3) is 0 Å². The summed E-state index contributed by atoms with van der Waals surface area (Å²) in [6.45, 7) is 6.20. The largest absolute Gasteiger partial charge is 0.467 e. The van der Waals surface area contributed by atoms with Crippen LogP contribution in [0.15, 0.2) is 30.3 Å². The lowest BCUT2D eigenvalue weighted by Crippen LogP contribution is -2.55. The van der Waals surface area contributed by atoms with Gasteiger partial charge in [0.15, 0.2) is 0 Å². The molecule has 1 N–H and O–H groups in total. The highest BCUT2D eigenvalue weighted by Crippen LogP contribution is 2.38. The Balaban J connectivity index is 2.20. The minimum Gasteiger partial charge on any atom is -0.467 e. The number of hydrogen-bond acceptors (Lipinski definition) is 6. The molecule has 1 fully saturated rings. The van der Waals surface area contributed by atoms with Gasteiger partial charge in [0.2, 0.25) is 5.91 Å². The molecule has 0 radical (unpaired) electrons. The number of benzene rings is 1. The van der Waals surface area contributed by atoms with Crippen molar-refractivity contribution in [3.8, 4) is 0 Å². The van der Waals surface area contributed by atoms with Crippen molar-refractivity contribution in [2.24, 2.45) is 0 Å². The monoisotopic (exact) mass is 366 g/mol. The van der Waals surface area contributed by atoms with Gasteiger partial charge >= 0.3 is 5.97 Å². The third kappa shape index (κ3) is 4.34. The van der Waals surface area contributed by atoms with Crippen LogP contribution < -0.4 is 5.32 Å². The number of ether oxygens (including phenoxy) is 2. The molecule has 1 aliphatic heterocycles. The highest BCUT2D eigenvalue weighted by Gasteiger charge is 2.46. The van der Waals surface area contributed by atoms with Crippen LogP contribution in [0.1, 0.15) is 32.4 Å². The van der Waals surface area contributed by atoms with E-state index < -0.39 is 23.8 Å². The number of hydrogen-bond donors (Lipinski definition) is 2. The van der Waals surface area contributed by atoms with Crippen molar-refractivity contribution in [3.05, 3.63) is 35.9 Å². The molecule has 1 aromatic rings. The first-order chi connectivity index (χ1) is 11.8. The van der Waals surface area contributed by atoms with Gasteiger partial charge in [-0.1, -0.05) is 30.3 Å². The van der Waals surface area contributed by atoms with Crippen molar-refractivity contribution in [1.29, 1.82) is 0 Å². The highest BCUT2D eigenvalue weighted by molar-refractivity contribution is 7.80. The van der Waals surface area contributed by atoms with Gasteiger partial charge < -0.3 is 14.8 Å². The average molecular weight is 366 g/mol. The van der Waals surface area contributed by atoms with Gasteiger partial charge in [-0.2, -0.15) is 12.6 Å². The minimum atomic E-state index is -0.773. The Hall–Kier alpha value is -1.57. The van der Waals surface area contributed by atoms with E-state index in [1.54, 1.807) is 0 Å². The van der Waals surface area contributed by atoms with Gasteiger partial charge in [0.05, 0.1) is 25.8 Å². The van der Waals surface area contributed by atoms with E-state index >= 15 is 0 Å². The zero-order chi connectivity index (χ0) is 18.6. The predicted octanol–water partition coefficient (Wildman–Crippen LogP) is 1.77. The van der Waals surface area contributed by atoms with Crippen LogP contribution in [0.5, 0.6) is 0 Å². The van der Waals surface area contributed by atoms with Crippen molar-refractivity contribution >= 4 is 24.5 Å². The summed E-state index contributed by atoms with van der Waals surface area (Å²) >= 11 is 4.12. The summed E-state index contributed by atoms with van der Waals surface area (Å²) in [5, 5.41) is 2.72. The lowest BCUT2D eigenvalue weighted by atomic mass is 10.0. The Morgan fingerprint density at radius 2 is 2.04 bits per heavy atom. The maximum Gasteiger partial charge on any atom is 0.329 e. The maximum atomic E-state index is 12.7. The van der Waals surface area contributed by atoms with Gasteiger partial charge in [-0.3, -0.25) is 9.69 Å². The molecule has 0 spiro atoms. The first-order valence-electron chi connectivity index (χ1n) is 8.28. The first-order valence-corrected chi connectivity index (χ1v) is 8.91. The summed E-state index contributed by atoms with van der Waals surface area (Å²) in [6.07, 6.45) is 0. The van der Waals surface area contributed by atoms with Gasteiger partial charge in [-0.15, -0.1) is 0 Å². The molecule has 138 valence electrons. The second-order valence-corrected chi connectivity index (χ2v) is 6.90. The molecule has 2 rings (SSSR count). The number of thiol groups is 1. The molecule has 0 aromatic heterocycles. The fourth-order valence-electron chi connectivity index (χ4n) is 3.22. The van der Waals surface area contributed by atoms with Crippen LogP contribution in [0.3, 0.4) is 0 Å². The van der Waals surface area contributed by atoms with E-state index in [1.807, 2.05) is 56.0 Å². The van der Waals surface area contributed by atoms with E-state index in [0.29, 0.717) is 6.61 Å². The number of nitrogens with one attached hydrogen (secondary N) is 1. The summed E-state index contributed by atoms with van der Waals surface area (Å²) in [6, 6.07) is 8.65. The molecule has 0 aliphatic carbocycles. The molecule has 3 atom stereocenters. The van der Waals surface area contributed by atoms with Crippen molar-refractivity contribution < 1.29 is 19.1 Å². The van der Waals surface area contributed by atoms with Gasteiger partial charge in [0, 0.05) is 5.75 Å². The van der Waals surface area contributed by atoms with Crippen LogP contribution in [-0.2, 0) is 19.1 Å². The molecule has 0 saturated carbocycles. The predicted molar refractivity (Wildman–Crippen MR) is 98.3 cm³/mol. The normalized spacial score (nSPS) is 22.2. The van der Waals surface area contributed by atoms with E-state index in [-0.39, 0.29) is 17.7 Å². The summed E-state index contributed by atoms with van der Waals surface area (Å²) in [7, 11) is 1.29. The van der Waals surface area contributed by atoms with Crippen LogP contribution >= 0.6 is 12.6 Å². The molecule has 1 amide bonds. The fourth-order valence-corrected chi connectivity index (χ4v) is 3.46. The molecule has 1 aliphatic rings. The third-order valence-electron chi connectivity index (χ3n) is 4.52. The third-order valence-corrected chi connectivity index (χ3v) is 4.88. The Morgan fingerprint density at radius 1 is 1.40 bits per heavy atom. The Bertz CT molecular complexity index is 608. The second kappa shape index (κ2) is 8.21. The van der Waals surface area contributed by atoms with E-state index in [2.05, 4.69) is 17.9 Å². The highest BCUT2D eigenvalue weighted by atomic mass is 32.1. The van der Waals surface area contributed by atoms with Crippen molar-refractivity contribution in [2.75, 3.05) is 19.5 Å². The summed E-state index contributed by atoms with van der Waals surface area (Å²) < 4.78 is 10.6. The number of amides is 1. The average Bonchev–Trinajstić information content (AvgIpc) is 2.93. The van der Waals surface area contributed by atoms with Gasteiger partial charge in [0.1, 0.15) is 11.8 Å². The fraction of sp³-hybridized carbons (Fsp3) is 0.556. The van der Waals surface area contributed by atoms with E-state index in [0.717, 1.165) is 5.56 Å². The minimum absolute atomic E-state index is 0.0375. The zero-order valence-electron chi connectivity index (χ0n) is 15.1. The number of nitrogens with zero attached hydrogens (tertiary/aromatic N) is 1. The van der Waals surface area contributed by atoms with E-state index in [4.69, 9.17) is 9.47 Å². The maximum absolute atomic E-state index is 12.7. The lowest BCUT2D eigenvalue weighted by Gasteiger charge is -2.38. The molecule has 1 saturated heterocycles. The Labute approximate surface area is 154 Å². The Kier molecular flexibility index (Phi) is 6.48. The summed E-state index contributed by atoms with van der Waals surface area (Å²) in [5.74, 6) is -0.594. The quantitative estimate of drug-likeness (QED) is 0.593. The van der Waals surface area contributed by atoms with Gasteiger partial charge in [-0.05, 0) is 26.3 Å². The van der Waals surface area contributed by atoms with Crippen LogP contribution in [-0.4, -0.2) is 54.1 Å². The molecule has 6 nitrogen and oxygen atoms in total. The first kappa shape index (κ1) is 19.8. The molecule has 0 bridgehead atoms. The van der Waals surface area contributed by atoms with Crippen molar-refractivity contribution in [2.45, 2.75) is 44.6 Å². The lowest BCUT2D eigenvalue weighted by molar-refractivity contribution is -0.146. The smallest absolute Gasteiger partial charge is 0.329 e. The van der Waals surface area contributed by atoms with Crippen LogP contribution in [0.2, 0.25) is 0 Å². The molecule has 1 heterocycles. The zero-order valence-corrected chi connectivity index (χ0v) is 16.0. The second-order valence-electron chi connectivity index (χ2n) is 6.53. The Morgan fingerprint density at radius 3 is 2.60 bits per heavy atom. The molecular weight excluding hydrogens is 340 g/mol. The summed E-state index contributed by atoms with van der Waals surface area (Å²) in [4.78, 5) is 26.5. The number of methoxy groups -OCH3 is 1. The SMILES string of the molecule is COC(=O)[C@H](CS)NC(=O)[C@@H](C)N1[C@H](c2ccccc2)COC1(C)C. The standard InChI is InChI=1S/C18H26N2O4S/c1-12(16(21)19-14(11-25)17(22)23-4)20-15(10-24-18(20,2)3)13-8-6-5-7-9-13/h5-9,12,14-15,25H,10-11H2,1-4H3,(H,19,21)/t12-,14+,15+/m1/s1. The van der Waals surface area contributed by atoms with Crippen molar-refractivity contribution in [3.63, 3.8) is 0 Å². The molecule has 7 heteroatoms. The molecule has 1 aromatic carbocycles. The van der Waals surface area contributed by atoms with Gasteiger partial charge in [-0.25, -0.2) is 4.79 Å². The molecule has 0 unspecified atom stereocenters. The molecule has 25 heavy (non-hydrogen) atoms. The number of carbonyl (C=O) groups is 2. The number of esters is 1. The summed E-state index contributed by atoms with van der Waals surface area (Å²) in [5.41, 5.74) is 0.491.